The van der Waals surface area contributed by atoms with Crippen molar-refractivity contribution < 1.29 is 4.74 Å². The van der Waals surface area contributed by atoms with Crippen LogP contribution in [0.3, 0.4) is 0 Å². The molecule has 6 nitrogen and oxygen atoms in total. The Morgan fingerprint density at radius 2 is 2.00 bits per heavy atom. The molecule has 1 saturated carbocycles. The molecule has 0 bridgehead atoms. The number of piperidine rings is 1. The van der Waals surface area contributed by atoms with Gasteiger partial charge in [-0.25, -0.2) is 4.98 Å². The molecule has 2 heterocycles. The Balaban J connectivity index is 1.58. The minimum atomic E-state index is -0.00578. The highest BCUT2D eigenvalue weighted by Gasteiger charge is 2.27. The fourth-order valence-corrected chi connectivity index (χ4v) is 3.81. The monoisotopic (exact) mass is 320 g/mol. The largest absolute Gasteiger partial charge is 0.381 e. The van der Waals surface area contributed by atoms with Crippen LogP contribution in [0.15, 0.2) is 17.2 Å². The van der Waals surface area contributed by atoms with E-state index in [0.29, 0.717) is 24.0 Å². The number of nitrogens with zero attached hydrogens (tertiary/aromatic N) is 3. The van der Waals surface area contributed by atoms with Crippen molar-refractivity contribution in [2.75, 3.05) is 25.1 Å². The van der Waals surface area contributed by atoms with Gasteiger partial charge in [0.05, 0.1) is 6.10 Å². The van der Waals surface area contributed by atoms with E-state index >= 15 is 0 Å². The molecule has 1 atom stereocenters. The van der Waals surface area contributed by atoms with Crippen LogP contribution in [0.4, 0.5) is 5.82 Å². The van der Waals surface area contributed by atoms with Gasteiger partial charge in [0, 0.05) is 51.7 Å². The summed E-state index contributed by atoms with van der Waals surface area (Å²) in [5.41, 5.74) is -0.00578. The highest BCUT2D eigenvalue weighted by Crippen LogP contribution is 2.22. The summed E-state index contributed by atoms with van der Waals surface area (Å²) >= 11 is 0. The van der Waals surface area contributed by atoms with E-state index in [2.05, 4.69) is 15.2 Å². The quantitative estimate of drug-likeness (QED) is 0.906. The van der Waals surface area contributed by atoms with Gasteiger partial charge in [0.15, 0.2) is 5.82 Å². The summed E-state index contributed by atoms with van der Waals surface area (Å²) in [5.74, 6) is 0.588. The first-order valence-corrected chi connectivity index (χ1v) is 8.73. The Labute approximate surface area is 137 Å². The minimum Gasteiger partial charge on any atom is -0.381 e. The van der Waals surface area contributed by atoms with Crippen LogP contribution >= 0.6 is 0 Å². The molecule has 23 heavy (non-hydrogen) atoms. The van der Waals surface area contributed by atoms with Crippen LogP contribution in [0.2, 0.25) is 0 Å². The molecule has 1 N–H and O–H groups in total. The van der Waals surface area contributed by atoms with E-state index in [1.165, 1.54) is 19.3 Å². The lowest BCUT2D eigenvalue weighted by Gasteiger charge is -2.37. The van der Waals surface area contributed by atoms with E-state index < -0.39 is 0 Å². The number of hydrogen-bond acceptors (Lipinski definition) is 5. The fourth-order valence-electron chi connectivity index (χ4n) is 3.81. The Bertz CT molecular complexity index is 566. The van der Waals surface area contributed by atoms with E-state index in [1.807, 2.05) is 7.11 Å². The van der Waals surface area contributed by atoms with Crippen molar-refractivity contribution in [3.8, 4) is 0 Å². The van der Waals surface area contributed by atoms with Gasteiger partial charge in [-0.15, -0.1) is 0 Å². The van der Waals surface area contributed by atoms with E-state index in [0.717, 1.165) is 32.4 Å². The summed E-state index contributed by atoms with van der Waals surface area (Å²) in [4.78, 5) is 18.7. The van der Waals surface area contributed by atoms with E-state index in [1.54, 1.807) is 24.0 Å². The molecule has 0 unspecified atom stereocenters. The minimum absolute atomic E-state index is 0.00578. The van der Waals surface area contributed by atoms with Gasteiger partial charge in [-0.05, 0) is 38.5 Å². The van der Waals surface area contributed by atoms with Gasteiger partial charge in [0.25, 0.3) is 5.56 Å². The normalized spacial score (nSPS) is 28.8. The van der Waals surface area contributed by atoms with E-state index in [9.17, 15) is 4.79 Å². The number of hydrogen-bond donors (Lipinski definition) is 1. The van der Waals surface area contributed by atoms with Crippen molar-refractivity contribution in [1.82, 2.24) is 14.9 Å². The second kappa shape index (κ2) is 7.45. The van der Waals surface area contributed by atoms with Gasteiger partial charge in [0.2, 0.25) is 0 Å². The first-order chi connectivity index (χ1) is 11.2. The SMILES string of the molecule is COC1CCC(N[C@H]2CCCN(c3nccn(C)c3=O)C2)CC1. The zero-order chi connectivity index (χ0) is 16.2. The predicted molar refractivity (Wildman–Crippen MR) is 90.9 cm³/mol. The first kappa shape index (κ1) is 16.5. The standard InChI is InChI=1S/C17H28N4O2/c1-20-11-9-18-16(17(20)22)21-10-3-4-14(12-21)19-13-5-7-15(23-2)8-6-13/h9,11,13-15,19H,3-8,10,12H2,1-2H3/t13?,14-,15?/m0/s1. The van der Waals surface area contributed by atoms with Crippen LogP contribution in [0.25, 0.3) is 0 Å². The van der Waals surface area contributed by atoms with Crippen LogP contribution in [0, 0.1) is 0 Å². The van der Waals surface area contributed by atoms with Gasteiger partial charge in [0.1, 0.15) is 0 Å². The first-order valence-electron chi connectivity index (χ1n) is 8.73. The van der Waals surface area contributed by atoms with Crippen molar-refractivity contribution in [3.05, 3.63) is 22.7 Å². The van der Waals surface area contributed by atoms with Gasteiger partial charge < -0.3 is 19.5 Å². The number of anilines is 1. The van der Waals surface area contributed by atoms with Crippen molar-refractivity contribution in [2.45, 2.75) is 56.7 Å². The molecule has 3 rings (SSSR count). The van der Waals surface area contributed by atoms with Crippen molar-refractivity contribution in [1.29, 1.82) is 0 Å². The van der Waals surface area contributed by atoms with Crippen LogP contribution in [0.5, 0.6) is 0 Å². The van der Waals surface area contributed by atoms with Crippen LogP contribution < -0.4 is 15.8 Å². The average Bonchev–Trinajstić information content (AvgIpc) is 2.58. The molecule has 1 aromatic heterocycles. The molecule has 6 heteroatoms. The van der Waals surface area contributed by atoms with E-state index in [4.69, 9.17) is 4.74 Å². The van der Waals surface area contributed by atoms with Crippen LogP contribution in [-0.2, 0) is 11.8 Å². The molecule has 1 saturated heterocycles. The smallest absolute Gasteiger partial charge is 0.293 e. The number of rotatable bonds is 4. The number of aromatic nitrogens is 2. The third kappa shape index (κ3) is 3.93. The summed E-state index contributed by atoms with van der Waals surface area (Å²) in [6, 6.07) is 1.03. The average molecular weight is 320 g/mol. The molecule has 2 aliphatic rings. The third-order valence-corrected chi connectivity index (χ3v) is 5.20. The van der Waals surface area contributed by atoms with E-state index in [-0.39, 0.29) is 5.56 Å². The zero-order valence-electron chi connectivity index (χ0n) is 14.2. The molecule has 1 aliphatic carbocycles. The third-order valence-electron chi connectivity index (χ3n) is 5.20. The number of nitrogens with one attached hydrogen (secondary N) is 1. The Kier molecular flexibility index (Phi) is 5.33. The topological polar surface area (TPSA) is 59.4 Å². The lowest BCUT2D eigenvalue weighted by Crippen LogP contribution is -2.51. The zero-order valence-corrected chi connectivity index (χ0v) is 14.2. The van der Waals surface area contributed by atoms with Gasteiger partial charge in [-0.2, -0.15) is 0 Å². The maximum absolute atomic E-state index is 12.3. The van der Waals surface area contributed by atoms with Crippen molar-refractivity contribution >= 4 is 5.82 Å². The molecule has 0 amide bonds. The molecule has 0 aromatic carbocycles. The maximum Gasteiger partial charge on any atom is 0.293 e. The molecular weight excluding hydrogens is 292 g/mol. The summed E-state index contributed by atoms with van der Waals surface area (Å²) in [7, 11) is 3.59. The summed E-state index contributed by atoms with van der Waals surface area (Å²) in [6.07, 6.45) is 10.8. The summed E-state index contributed by atoms with van der Waals surface area (Å²) in [5, 5.41) is 3.80. The van der Waals surface area contributed by atoms with Gasteiger partial charge in [-0.1, -0.05) is 0 Å². The molecular formula is C17H28N4O2. The van der Waals surface area contributed by atoms with Crippen molar-refractivity contribution in [2.24, 2.45) is 7.05 Å². The molecule has 1 aromatic rings. The van der Waals surface area contributed by atoms with Crippen molar-refractivity contribution in [3.63, 3.8) is 0 Å². The summed E-state index contributed by atoms with van der Waals surface area (Å²) < 4.78 is 7.05. The van der Waals surface area contributed by atoms with Gasteiger partial charge in [-0.3, -0.25) is 4.79 Å². The molecule has 2 fully saturated rings. The van der Waals surface area contributed by atoms with Gasteiger partial charge >= 0.3 is 0 Å². The molecule has 0 radical (unpaired) electrons. The molecule has 0 spiro atoms. The lowest BCUT2D eigenvalue weighted by molar-refractivity contribution is 0.0608. The highest BCUT2D eigenvalue weighted by molar-refractivity contribution is 5.36. The van der Waals surface area contributed by atoms with Crippen LogP contribution in [0.1, 0.15) is 38.5 Å². The maximum atomic E-state index is 12.3. The number of aryl methyl sites for hydroxylation is 1. The van der Waals surface area contributed by atoms with Crippen LogP contribution in [-0.4, -0.2) is 47.9 Å². The fraction of sp³-hybridized carbons (Fsp3) is 0.765. The molecule has 1 aliphatic heterocycles. The Hall–Kier alpha value is -1.40. The second-order valence-corrected chi connectivity index (χ2v) is 6.83. The Morgan fingerprint density at radius 1 is 1.22 bits per heavy atom. The number of ether oxygens (including phenoxy) is 1. The number of methoxy groups -OCH3 is 1. The lowest BCUT2D eigenvalue weighted by atomic mass is 9.91. The molecule has 128 valence electrons. The summed E-state index contributed by atoms with van der Waals surface area (Å²) in [6.45, 7) is 1.79. The predicted octanol–water partition coefficient (Wildman–Crippen LogP) is 1.30. The second-order valence-electron chi connectivity index (χ2n) is 6.83. The Morgan fingerprint density at radius 3 is 2.74 bits per heavy atom. The highest BCUT2D eigenvalue weighted by atomic mass is 16.5.